The molecular weight excluding hydrogens is 251 g/mol. The van der Waals surface area contributed by atoms with Gasteiger partial charge in [-0.05, 0) is 18.2 Å². The second-order valence-corrected chi connectivity index (χ2v) is 4.24. The van der Waals surface area contributed by atoms with Gasteiger partial charge >= 0.3 is 6.03 Å². The van der Waals surface area contributed by atoms with Crippen molar-refractivity contribution in [2.24, 2.45) is 0 Å². The zero-order chi connectivity index (χ0) is 11.7. The summed E-state index contributed by atoms with van der Waals surface area (Å²) in [5, 5.41) is 5.77. The molecule has 0 aliphatic carbocycles. The van der Waals surface area contributed by atoms with Crippen molar-refractivity contribution >= 4 is 35.0 Å². The zero-order valence-corrected chi connectivity index (χ0v) is 9.60. The lowest BCUT2D eigenvalue weighted by Crippen LogP contribution is -2.34. The number of hydrogen-bond acceptors (Lipinski definition) is 2. The maximum Gasteiger partial charge on any atom is 0.315 e. The molecule has 1 atom stereocenters. The molecule has 4 nitrogen and oxygen atoms in total. The van der Waals surface area contributed by atoms with Crippen LogP contribution in [-0.4, -0.2) is 24.4 Å². The van der Waals surface area contributed by atoms with Crippen LogP contribution in [0.4, 0.5) is 4.79 Å². The van der Waals surface area contributed by atoms with Gasteiger partial charge in [0.15, 0.2) is 5.78 Å². The number of Topliss-reactive ketones (excluding diaryl/α,β-unsaturated/α-hetero) is 1. The van der Waals surface area contributed by atoms with Gasteiger partial charge in [0.05, 0.1) is 5.02 Å². The van der Waals surface area contributed by atoms with E-state index in [4.69, 9.17) is 23.2 Å². The normalized spacial score (nSPS) is 19.1. The van der Waals surface area contributed by atoms with E-state index in [0.29, 0.717) is 15.6 Å². The third-order valence-corrected chi connectivity index (χ3v) is 2.85. The molecule has 1 heterocycles. The minimum absolute atomic E-state index is 0.245. The maximum atomic E-state index is 12.0. The number of carbonyl (C=O) groups excluding carboxylic acids is 2. The highest BCUT2D eigenvalue weighted by molar-refractivity contribution is 6.36. The van der Waals surface area contributed by atoms with Crippen LogP contribution < -0.4 is 10.6 Å². The van der Waals surface area contributed by atoms with Gasteiger partial charge in [0.25, 0.3) is 0 Å². The molecule has 1 aromatic carbocycles. The summed E-state index contributed by atoms with van der Waals surface area (Å²) in [5.41, 5.74) is 0.322. The molecule has 84 valence electrons. The van der Waals surface area contributed by atoms with Gasteiger partial charge in [-0.25, -0.2) is 4.79 Å². The number of amides is 2. The lowest BCUT2D eigenvalue weighted by Gasteiger charge is -2.09. The Balaban J connectivity index is 2.27. The monoisotopic (exact) mass is 258 g/mol. The molecule has 0 radical (unpaired) electrons. The molecule has 1 saturated heterocycles. The summed E-state index contributed by atoms with van der Waals surface area (Å²) in [6.07, 6.45) is 0. The molecule has 1 fully saturated rings. The van der Waals surface area contributed by atoms with E-state index < -0.39 is 6.04 Å². The van der Waals surface area contributed by atoms with Crippen LogP contribution in [0.5, 0.6) is 0 Å². The number of ketones is 1. The van der Waals surface area contributed by atoms with Crippen molar-refractivity contribution in [3.05, 3.63) is 33.8 Å². The highest BCUT2D eigenvalue weighted by Gasteiger charge is 2.28. The van der Waals surface area contributed by atoms with E-state index in [9.17, 15) is 9.59 Å². The van der Waals surface area contributed by atoms with E-state index in [2.05, 4.69) is 10.6 Å². The number of rotatable bonds is 2. The predicted molar refractivity (Wildman–Crippen MR) is 61.1 cm³/mol. The maximum absolute atomic E-state index is 12.0. The van der Waals surface area contributed by atoms with Crippen molar-refractivity contribution < 1.29 is 9.59 Å². The Morgan fingerprint density at radius 1 is 1.38 bits per heavy atom. The molecule has 2 N–H and O–H groups in total. The van der Waals surface area contributed by atoms with Gasteiger partial charge in [0, 0.05) is 17.1 Å². The Bertz CT molecular complexity index is 462. The number of hydrogen-bond donors (Lipinski definition) is 2. The van der Waals surface area contributed by atoms with Crippen LogP contribution in [0, 0.1) is 0 Å². The Labute approximate surface area is 102 Å². The quantitative estimate of drug-likeness (QED) is 0.796. The van der Waals surface area contributed by atoms with Crippen molar-refractivity contribution in [3.63, 3.8) is 0 Å². The standard InChI is InChI=1S/C10H8Cl2N2O2/c11-5-1-2-7(12)6(3-5)9(15)8-4-13-10(16)14-8/h1-3,8H,4H2,(H2,13,14,16). The summed E-state index contributed by atoms with van der Waals surface area (Å²) >= 11 is 11.7. The summed E-state index contributed by atoms with van der Waals surface area (Å²) in [6, 6.07) is 3.73. The third kappa shape index (κ3) is 2.13. The average Bonchev–Trinajstić information content (AvgIpc) is 2.67. The fraction of sp³-hybridized carbons (Fsp3) is 0.200. The second-order valence-electron chi connectivity index (χ2n) is 3.40. The molecule has 0 saturated carbocycles. The minimum atomic E-state index is -0.580. The smallest absolute Gasteiger partial charge is 0.315 e. The highest BCUT2D eigenvalue weighted by atomic mass is 35.5. The fourth-order valence-electron chi connectivity index (χ4n) is 1.49. The summed E-state index contributed by atoms with van der Waals surface area (Å²) < 4.78 is 0. The molecule has 1 aromatic rings. The van der Waals surface area contributed by atoms with Crippen molar-refractivity contribution in [1.29, 1.82) is 0 Å². The second kappa shape index (κ2) is 4.31. The number of halogens is 2. The molecule has 1 aliphatic rings. The van der Waals surface area contributed by atoms with Crippen molar-refractivity contribution in [2.45, 2.75) is 6.04 Å². The van der Waals surface area contributed by atoms with E-state index in [0.717, 1.165) is 0 Å². The minimum Gasteiger partial charge on any atom is -0.336 e. The largest absolute Gasteiger partial charge is 0.336 e. The molecule has 2 amide bonds. The van der Waals surface area contributed by atoms with Gasteiger partial charge in [-0.2, -0.15) is 0 Å². The molecule has 1 unspecified atom stereocenters. The molecule has 0 bridgehead atoms. The van der Waals surface area contributed by atoms with E-state index in [1.165, 1.54) is 6.07 Å². The van der Waals surface area contributed by atoms with Gasteiger partial charge in [-0.3, -0.25) is 4.79 Å². The molecule has 6 heteroatoms. The Hall–Kier alpha value is -1.26. The van der Waals surface area contributed by atoms with Crippen LogP contribution in [0.3, 0.4) is 0 Å². The molecule has 2 rings (SSSR count). The zero-order valence-electron chi connectivity index (χ0n) is 8.09. The van der Waals surface area contributed by atoms with Gasteiger partial charge in [-0.15, -0.1) is 0 Å². The first-order valence-corrected chi connectivity index (χ1v) is 5.37. The van der Waals surface area contributed by atoms with Crippen LogP contribution in [0.1, 0.15) is 10.4 Å². The topological polar surface area (TPSA) is 58.2 Å². The first-order valence-electron chi connectivity index (χ1n) is 4.61. The summed E-state index contributed by atoms with van der Waals surface area (Å²) in [7, 11) is 0. The van der Waals surface area contributed by atoms with E-state index >= 15 is 0 Å². The van der Waals surface area contributed by atoms with Crippen molar-refractivity contribution in [1.82, 2.24) is 10.6 Å². The summed E-state index contributed by atoms with van der Waals surface area (Å²) in [6.45, 7) is 0.264. The third-order valence-electron chi connectivity index (χ3n) is 2.28. The van der Waals surface area contributed by atoms with Crippen molar-refractivity contribution in [2.75, 3.05) is 6.54 Å². The number of carbonyl (C=O) groups is 2. The number of nitrogens with one attached hydrogen (secondary N) is 2. The number of benzene rings is 1. The van der Waals surface area contributed by atoms with Gasteiger partial charge in [-0.1, -0.05) is 23.2 Å². The Morgan fingerprint density at radius 3 is 2.75 bits per heavy atom. The van der Waals surface area contributed by atoms with Crippen LogP contribution in [0.15, 0.2) is 18.2 Å². The summed E-state index contributed by atoms with van der Waals surface area (Å²) in [4.78, 5) is 22.9. The highest BCUT2D eigenvalue weighted by Crippen LogP contribution is 2.22. The Morgan fingerprint density at radius 2 is 2.12 bits per heavy atom. The van der Waals surface area contributed by atoms with Crippen LogP contribution in [0.25, 0.3) is 0 Å². The summed E-state index contributed by atoms with van der Waals surface area (Å²) in [5.74, 6) is -0.245. The molecule has 0 spiro atoms. The van der Waals surface area contributed by atoms with E-state index in [-0.39, 0.29) is 18.4 Å². The van der Waals surface area contributed by atoms with E-state index in [1.807, 2.05) is 0 Å². The van der Waals surface area contributed by atoms with Gasteiger partial charge in [0.1, 0.15) is 6.04 Å². The van der Waals surface area contributed by atoms with Gasteiger partial charge < -0.3 is 10.6 Å². The molecular formula is C10H8Cl2N2O2. The van der Waals surface area contributed by atoms with E-state index in [1.54, 1.807) is 12.1 Å². The van der Waals surface area contributed by atoms with Crippen LogP contribution in [-0.2, 0) is 0 Å². The van der Waals surface area contributed by atoms with Crippen LogP contribution >= 0.6 is 23.2 Å². The Kier molecular flexibility index (Phi) is 3.03. The van der Waals surface area contributed by atoms with Gasteiger partial charge in [0.2, 0.25) is 0 Å². The number of urea groups is 1. The molecule has 16 heavy (non-hydrogen) atoms. The fourth-order valence-corrected chi connectivity index (χ4v) is 1.87. The SMILES string of the molecule is O=C1NCC(C(=O)c2cc(Cl)ccc2Cl)N1. The predicted octanol–water partition coefficient (Wildman–Crippen LogP) is 1.86. The lowest BCUT2D eigenvalue weighted by atomic mass is 10.1. The lowest BCUT2D eigenvalue weighted by molar-refractivity contribution is 0.0958. The first kappa shape index (κ1) is 11.2. The van der Waals surface area contributed by atoms with Crippen LogP contribution in [0.2, 0.25) is 10.0 Å². The molecule has 0 aromatic heterocycles. The molecule has 1 aliphatic heterocycles. The van der Waals surface area contributed by atoms with Crippen molar-refractivity contribution in [3.8, 4) is 0 Å². The average molecular weight is 259 g/mol. The first-order chi connectivity index (χ1) is 7.58.